The van der Waals surface area contributed by atoms with Crippen molar-refractivity contribution in [3.8, 4) is 34.0 Å². The number of rotatable bonds is 8. The van der Waals surface area contributed by atoms with Crippen LogP contribution in [-0.2, 0) is 9.53 Å². The highest BCUT2D eigenvalue weighted by Gasteiger charge is 2.17. The molecule has 0 bridgehead atoms. The minimum atomic E-state index is -0.678. The maximum atomic E-state index is 12.8. The number of ether oxygens (including phenoxy) is 3. The van der Waals surface area contributed by atoms with E-state index in [4.69, 9.17) is 47.4 Å². The molecule has 1 N–H and O–H groups in total. The van der Waals surface area contributed by atoms with Gasteiger partial charge in [0.1, 0.15) is 11.5 Å². The Bertz CT molecular complexity index is 1740. The minimum absolute atomic E-state index is 0.229. The Morgan fingerprint density at radius 2 is 1.29 bits per heavy atom. The smallest absolute Gasteiger partial charge is 0.338 e. The summed E-state index contributed by atoms with van der Waals surface area (Å²) in [6, 6.07) is 24.5. The molecular formula is C31H23Cl2N3O5. The number of nitrogens with one attached hydrogen (secondary N) is 1. The van der Waals surface area contributed by atoms with E-state index in [1.54, 1.807) is 44.6 Å². The lowest BCUT2D eigenvalue weighted by atomic mass is 10.0. The van der Waals surface area contributed by atoms with Crippen molar-refractivity contribution in [2.24, 2.45) is 0 Å². The molecule has 4 aromatic carbocycles. The summed E-state index contributed by atoms with van der Waals surface area (Å²) in [5.74, 6) is 0.232. The Morgan fingerprint density at radius 1 is 0.707 bits per heavy atom. The molecule has 0 atom stereocenters. The van der Waals surface area contributed by atoms with Gasteiger partial charge in [0.2, 0.25) is 0 Å². The summed E-state index contributed by atoms with van der Waals surface area (Å²) < 4.78 is 15.8. The average molecular weight is 588 g/mol. The number of hydrogen-bond donors (Lipinski definition) is 1. The average Bonchev–Trinajstić information content (AvgIpc) is 3.01. The maximum absolute atomic E-state index is 12.8. The quantitative estimate of drug-likeness (QED) is 0.193. The molecule has 41 heavy (non-hydrogen) atoms. The number of amides is 1. The number of nitrogens with zero attached hydrogens (tertiary/aromatic N) is 2. The number of esters is 1. The Morgan fingerprint density at radius 3 is 1.85 bits per heavy atom. The summed E-state index contributed by atoms with van der Waals surface area (Å²) in [5.41, 5.74) is 4.69. The molecule has 5 rings (SSSR count). The van der Waals surface area contributed by atoms with Gasteiger partial charge in [0.05, 0.1) is 52.2 Å². The third-order valence-electron chi connectivity index (χ3n) is 6.16. The fraction of sp³-hybridized carbons (Fsp3) is 0.0968. The molecule has 5 aromatic rings. The van der Waals surface area contributed by atoms with Gasteiger partial charge in [0, 0.05) is 16.8 Å². The second kappa shape index (κ2) is 12.2. The van der Waals surface area contributed by atoms with Crippen molar-refractivity contribution in [1.29, 1.82) is 0 Å². The standard InChI is InChI=1S/C31H23Cl2N3O5/c1-39-22-9-3-18(4-10-22)29-30(19-5-11-23(40-2)12-6-19)36-27-15-20(7-14-26(27)35-29)31(38)41-17-28(37)34-21-8-13-24(32)25(33)16-21/h3-16H,17H2,1-2H3,(H,34,37). The van der Waals surface area contributed by atoms with Crippen molar-refractivity contribution in [2.45, 2.75) is 0 Å². The van der Waals surface area contributed by atoms with Crippen molar-refractivity contribution in [2.75, 3.05) is 26.1 Å². The number of halogens is 2. The number of benzene rings is 4. The molecule has 0 radical (unpaired) electrons. The van der Waals surface area contributed by atoms with E-state index in [0.29, 0.717) is 43.9 Å². The molecule has 0 aliphatic carbocycles. The number of fused-ring (bicyclic) bond motifs is 1. The van der Waals surface area contributed by atoms with Crippen LogP contribution < -0.4 is 14.8 Å². The Hall–Kier alpha value is -4.66. The largest absolute Gasteiger partial charge is 0.497 e. The summed E-state index contributed by atoms with van der Waals surface area (Å²) in [5, 5.41) is 3.27. The zero-order chi connectivity index (χ0) is 28.9. The van der Waals surface area contributed by atoms with Crippen LogP contribution in [0.25, 0.3) is 33.5 Å². The monoisotopic (exact) mass is 587 g/mol. The van der Waals surface area contributed by atoms with Crippen molar-refractivity contribution in [1.82, 2.24) is 9.97 Å². The highest BCUT2D eigenvalue weighted by Crippen LogP contribution is 2.33. The molecule has 1 heterocycles. The topological polar surface area (TPSA) is 99.6 Å². The van der Waals surface area contributed by atoms with Gasteiger partial charge in [-0.2, -0.15) is 0 Å². The van der Waals surface area contributed by atoms with Gasteiger partial charge in [-0.15, -0.1) is 0 Å². The first-order valence-electron chi connectivity index (χ1n) is 12.4. The Kier molecular flexibility index (Phi) is 8.33. The van der Waals surface area contributed by atoms with E-state index in [1.165, 1.54) is 6.07 Å². The van der Waals surface area contributed by atoms with Crippen molar-refractivity contribution < 1.29 is 23.8 Å². The van der Waals surface area contributed by atoms with Crippen LogP contribution in [0.5, 0.6) is 11.5 Å². The predicted octanol–water partition coefficient (Wildman–Crippen LogP) is 7.08. The van der Waals surface area contributed by atoms with Crippen LogP contribution in [0.15, 0.2) is 84.9 Å². The molecule has 1 aromatic heterocycles. The second-order valence-electron chi connectivity index (χ2n) is 8.83. The van der Waals surface area contributed by atoms with Crippen LogP contribution in [0.2, 0.25) is 10.0 Å². The molecule has 0 aliphatic heterocycles. The summed E-state index contributed by atoms with van der Waals surface area (Å²) in [6.07, 6.45) is 0. The second-order valence-corrected chi connectivity index (χ2v) is 9.65. The lowest BCUT2D eigenvalue weighted by Crippen LogP contribution is -2.21. The van der Waals surface area contributed by atoms with Crippen LogP contribution in [0.3, 0.4) is 0 Å². The van der Waals surface area contributed by atoms with Crippen LogP contribution in [-0.4, -0.2) is 42.7 Å². The first-order chi connectivity index (χ1) is 19.8. The van der Waals surface area contributed by atoms with Gasteiger partial charge >= 0.3 is 5.97 Å². The number of carbonyl (C=O) groups is 2. The van der Waals surface area contributed by atoms with E-state index in [2.05, 4.69) is 5.32 Å². The Balaban J connectivity index is 1.42. The van der Waals surface area contributed by atoms with Gasteiger partial charge < -0.3 is 19.5 Å². The molecule has 1 amide bonds. The van der Waals surface area contributed by atoms with Gasteiger partial charge in [0.15, 0.2) is 6.61 Å². The van der Waals surface area contributed by atoms with Crippen LogP contribution in [0.1, 0.15) is 10.4 Å². The molecule has 10 heteroatoms. The number of aromatic nitrogens is 2. The van der Waals surface area contributed by atoms with E-state index in [1.807, 2.05) is 48.5 Å². The molecule has 8 nitrogen and oxygen atoms in total. The summed E-state index contributed by atoms with van der Waals surface area (Å²) in [6.45, 7) is -0.490. The van der Waals surface area contributed by atoms with E-state index >= 15 is 0 Å². The van der Waals surface area contributed by atoms with Crippen LogP contribution in [0.4, 0.5) is 5.69 Å². The predicted molar refractivity (Wildman–Crippen MR) is 159 cm³/mol. The van der Waals surface area contributed by atoms with E-state index in [9.17, 15) is 9.59 Å². The van der Waals surface area contributed by atoms with Gasteiger partial charge in [-0.25, -0.2) is 14.8 Å². The van der Waals surface area contributed by atoms with E-state index in [0.717, 1.165) is 16.9 Å². The molecule has 0 saturated heterocycles. The zero-order valence-corrected chi connectivity index (χ0v) is 23.5. The molecule has 0 spiro atoms. The number of carbonyl (C=O) groups excluding carboxylic acids is 2. The fourth-order valence-corrected chi connectivity index (χ4v) is 4.37. The maximum Gasteiger partial charge on any atom is 0.338 e. The molecule has 0 unspecified atom stereocenters. The first-order valence-corrected chi connectivity index (χ1v) is 13.1. The van der Waals surface area contributed by atoms with Crippen LogP contribution in [0, 0.1) is 0 Å². The summed E-state index contributed by atoms with van der Waals surface area (Å²) in [4.78, 5) is 34.9. The van der Waals surface area contributed by atoms with Gasteiger partial charge in [0.25, 0.3) is 5.91 Å². The number of anilines is 1. The SMILES string of the molecule is COc1ccc(-c2nc3ccc(C(=O)OCC(=O)Nc4ccc(Cl)c(Cl)c4)cc3nc2-c2ccc(OC)cc2)cc1. The molecule has 0 aliphatic rings. The fourth-order valence-electron chi connectivity index (χ4n) is 4.07. The minimum Gasteiger partial charge on any atom is -0.497 e. The highest BCUT2D eigenvalue weighted by atomic mass is 35.5. The Labute approximate surface area is 245 Å². The van der Waals surface area contributed by atoms with Crippen molar-refractivity contribution in [3.05, 3.63) is 101 Å². The lowest BCUT2D eigenvalue weighted by Gasteiger charge is -2.12. The summed E-state index contributed by atoms with van der Waals surface area (Å²) in [7, 11) is 3.21. The molecular weight excluding hydrogens is 565 g/mol. The first kappa shape index (κ1) is 27.9. The van der Waals surface area contributed by atoms with Crippen molar-refractivity contribution >= 4 is 51.8 Å². The zero-order valence-electron chi connectivity index (χ0n) is 22.0. The molecule has 206 valence electrons. The van der Waals surface area contributed by atoms with E-state index < -0.39 is 18.5 Å². The van der Waals surface area contributed by atoms with Gasteiger partial charge in [-0.05, 0) is 84.9 Å². The van der Waals surface area contributed by atoms with Crippen molar-refractivity contribution in [3.63, 3.8) is 0 Å². The summed E-state index contributed by atoms with van der Waals surface area (Å²) >= 11 is 11.9. The molecule has 0 saturated carbocycles. The van der Waals surface area contributed by atoms with Gasteiger partial charge in [-0.3, -0.25) is 4.79 Å². The number of hydrogen-bond acceptors (Lipinski definition) is 7. The van der Waals surface area contributed by atoms with E-state index in [-0.39, 0.29) is 5.56 Å². The van der Waals surface area contributed by atoms with Gasteiger partial charge in [-0.1, -0.05) is 23.2 Å². The number of methoxy groups -OCH3 is 2. The normalized spacial score (nSPS) is 10.7. The third kappa shape index (κ3) is 6.40. The highest BCUT2D eigenvalue weighted by molar-refractivity contribution is 6.42. The molecule has 0 fully saturated rings. The van der Waals surface area contributed by atoms with Crippen LogP contribution >= 0.6 is 23.2 Å². The third-order valence-corrected chi connectivity index (χ3v) is 6.90. The lowest BCUT2D eigenvalue weighted by molar-refractivity contribution is -0.119.